The van der Waals surface area contributed by atoms with Gasteiger partial charge in [0.1, 0.15) is 10.6 Å². The molecule has 1 aliphatic carbocycles. The monoisotopic (exact) mass is 353 g/mol. The van der Waals surface area contributed by atoms with Crippen LogP contribution in [0.2, 0.25) is 5.02 Å². The molecule has 2 aromatic rings. The molecule has 3 N–H and O–H groups in total. The summed E-state index contributed by atoms with van der Waals surface area (Å²) < 4.78 is 29.2. The van der Waals surface area contributed by atoms with Crippen molar-refractivity contribution in [3.8, 4) is 0 Å². The SMILES string of the molecule is Cn1cc(S(=O)(=O)NC2CCc3cc(Cl)ccc32)cc1C(N)=O. The van der Waals surface area contributed by atoms with Gasteiger partial charge >= 0.3 is 0 Å². The number of aryl methyl sites for hydroxylation is 2. The molecular weight excluding hydrogens is 338 g/mol. The van der Waals surface area contributed by atoms with Crippen LogP contribution in [-0.4, -0.2) is 18.9 Å². The highest BCUT2D eigenvalue weighted by Gasteiger charge is 2.28. The van der Waals surface area contributed by atoms with Gasteiger partial charge in [0.25, 0.3) is 5.91 Å². The summed E-state index contributed by atoms with van der Waals surface area (Å²) in [6.45, 7) is 0. The van der Waals surface area contributed by atoms with Crippen LogP contribution in [0.25, 0.3) is 0 Å². The number of nitrogens with zero attached hydrogens (tertiary/aromatic N) is 1. The van der Waals surface area contributed by atoms with Gasteiger partial charge in [0.2, 0.25) is 10.0 Å². The fraction of sp³-hybridized carbons (Fsp3) is 0.267. The average molecular weight is 354 g/mol. The fourth-order valence-corrected chi connectivity index (χ4v) is 4.40. The van der Waals surface area contributed by atoms with Crippen LogP contribution in [0.5, 0.6) is 0 Å². The van der Waals surface area contributed by atoms with Crippen LogP contribution >= 0.6 is 11.6 Å². The summed E-state index contributed by atoms with van der Waals surface area (Å²) in [6, 6.07) is 6.43. The Hall–Kier alpha value is -1.83. The van der Waals surface area contributed by atoms with E-state index in [0.717, 1.165) is 17.5 Å². The highest BCUT2D eigenvalue weighted by Crippen LogP contribution is 2.34. The number of hydrogen-bond acceptors (Lipinski definition) is 3. The van der Waals surface area contributed by atoms with Gasteiger partial charge in [0, 0.05) is 24.3 Å². The van der Waals surface area contributed by atoms with Gasteiger partial charge in [-0.05, 0) is 42.2 Å². The van der Waals surface area contributed by atoms with Crippen molar-refractivity contribution < 1.29 is 13.2 Å². The van der Waals surface area contributed by atoms with Gasteiger partial charge in [0.15, 0.2) is 0 Å². The first-order chi connectivity index (χ1) is 10.8. The fourth-order valence-electron chi connectivity index (χ4n) is 2.89. The number of amides is 1. The molecule has 1 unspecified atom stereocenters. The topological polar surface area (TPSA) is 94.2 Å². The zero-order valence-corrected chi connectivity index (χ0v) is 14.0. The van der Waals surface area contributed by atoms with Crippen LogP contribution in [0.4, 0.5) is 0 Å². The number of halogens is 1. The molecule has 1 aliphatic rings. The van der Waals surface area contributed by atoms with E-state index in [0.29, 0.717) is 11.4 Å². The minimum Gasteiger partial charge on any atom is -0.364 e. The van der Waals surface area contributed by atoms with E-state index in [9.17, 15) is 13.2 Å². The van der Waals surface area contributed by atoms with E-state index in [4.69, 9.17) is 17.3 Å². The summed E-state index contributed by atoms with van der Waals surface area (Å²) >= 11 is 5.96. The molecule has 3 rings (SSSR count). The van der Waals surface area contributed by atoms with Crippen LogP contribution in [-0.2, 0) is 23.5 Å². The molecule has 1 atom stereocenters. The second-order valence-corrected chi connectivity index (χ2v) is 7.74. The summed E-state index contributed by atoms with van der Waals surface area (Å²) in [5.41, 5.74) is 7.35. The van der Waals surface area contributed by atoms with Crippen LogP contribution in [0, 0.1) is 0 Å². The molecule has 23 heavy (non-hydrogen) atoms. The van der Waals surface area contributed by atoms with E-state index < -0.39 is 15.9 Å². The standard InChI is InChI=1S/C15H16ClN3O3S/c1-19-8-11(7-14(19)15(17)20)23(21,22)18-13-5-2-9-6-10(16)3-4-12(9)13/h3-4,6-8,13,18H,2,5H2,1H3,(H2,17,20). The normalized spacial score (nSPS) is 17.2. The lowest BCUT2D eigenvalue weighted by atomic mass is 10.1. The average Bonchev–Trinajstić information content (AvgIpc) is 3.03. The summed E-state index contributed by atoms with van der Waals surface area (Å²) in [7, 11) is -2.17. The molecule has 0 saturated carbocycles. The summed E-state index contributed by atoms with van der Waals surface area (Å²) in [6.07, 6.45) is 2.81. The Morgan fingerprint density at radius 1 is 1.39 bits per heavy atom. The maximum absolute atomic E-state index is 12.6. The molecular formula is C15H16ClN3O3S. The number of benzene rings is 1. The number of fused-ring (bicyclic) bond motifs is 1. The third kappa shape index (κ3) is 2.99. The molecule has 0 radical (unpaired) electrons. The van der Waals surface area contributed by atoms with Crippen molar-refractivity contribution in [2.45, 2.75) is 23.8 Å². The molecule has 122 valence electrons. The zero-order valence-electron chi connectivity index (χ0n) is 12.4. The lowest BCUT2D eigenvalue weighted by Gasteiger charge is -2.13. The van der Waals surface area contributed by atoms with Gasteiger partial charge in [-0.15, -0.1) is 0 Å². The van der Waals surface area contributed by atoms with E-state index in [1.165, 1.54) is 16.8 Å². The Morgan fingerprint density at radius 3 is 2.78 bits per heavy atom. The molecule has 1 aromatic carbocycles. The number of sulfonamides is 1. The Balaban J connectivity index is 1.89. The first-order valence-electron chi connectivity index (χ1n) is 7.05. The van der Waals surface area contributed by atoms with Gasteiger partial charge in [-0.25, -0.2) is 13.1 Å². The second-order valence-electron chi connectivity index (χ2n) is 5.59. The maximum Gasteiger partial charge on any atom is 0.265 e. The molecule has 8 heteroatoms. The van der Waals surface area contributed by atoms with Crippen molar-refractivity contribution in [1.29, 1.82) is 0 Å². The smallest absolute Gasteiger partial charge is 0.265 e. The molecule has 0 bridgehead atoms. The number of nitrogens with two attached hydrogens (primary N) is 1. The van der Waals surface area contributed by atoms with E-state index in [-0.39, 0.29) is 16.6 Å². The molecule has 1 heterocycles. The van der Waals surface area contributed by atoms with Gasteiger partial charge in [-0.1, -0.05) is 17.7 Å². The number of carbonyl (C=O) groups excluding carboxylic acids is 1. The molecule has 0 fully saturated rings. The molecule has 0 spiro atoms. The van der Waals surface area contributed by atoms with Crippen LogP contribution in [0.3, 0.4) is 0 Å². The highest BCUT2D eigenvalue weighted by molar-refractivity contribution is 7.89. The Kier molecular flexibility index (Phi) is 3.95. The van der Waals surface area contributed by atoms with E-state index in [1.807, 2.05) is 12.1 Å². The van der Waals surface area contributed by atoms with Gasteiger partial charge < -0.3 is 10.3 Å². The van der Waals surface area contributed by atoms with E-state index in [1.54, 1.807) is 13.1 Å². The number of rotatable bonds is 4. The first-order valence-corrected chi connectivity index (χ1v) is 8.91. The Bertz CT molecular complexity index is 889. The third-order valence-corrected chi connectivity index (χ3v) is 5.70. The minimum absolute atomic E-state index is 0.0243. The highest BCUT2D eigenvalue weighted by atomic mass is 35.5. The van der Waals surface area contributed by atoms with Crippen molar-refractivity contribution >= 4 is 27.5 Å². The first kappa shape index (κ1) is 16.0. The zero-order chi connectivity index (χ0) is 16.8. The minimum atomic E-state index is -3.74. The summed E-state index contributed by atoms with van der Waals surface area (Å²) in [5, 5.41) is 0.640. The van der Waals surface area contributed by atoms with Gasteiger partial charge in [-0.2, -0.15) is 0 Å². The van der Waals surface area contributed by atoms with Crippen LogP contribution < -0.4 is 10.5 Å². The number of primary amides is 1. The van der Waals surface area contributed by atoms with Crippen LogP contribution in [0.15, 0.2) is 35.4 Å². The molecule has 1 aromatic heterocycles. The predicted molar refractivity (Wildman–Crippen MR) is 86.8 cm³/mol. The third-order valence-electron chi connectivity index (χ3n) is 4.02. The summed E-state index contributed by atoms with van der Waals surface area (Å²) in [4.78, 5) is 11.3. The number of carbonyl (C=O) groups is 1. The Labute approximate surface area is 139 Å². The van der Waals surface area contributed by atoms with Gasteiger partial charge in [0.05, 0.1) is 0 Å². The van der Waals surface area contributed by atoms with Crippen molar-refractivity contribution in [2.24, 2.45) is 12.8 Å². The summed E-state index contributed by atoms with van der Waals surface area (Å²) in [5.74, 6) is -0.671. The lowest BCUT2D eigenvalue weighted by molar-refractivity contribution is 0.0992. The second kappa shape index (κ2) is 5.67. The largest absolute Gasteiger partial charge is 0.364 e. The maximum atomic E-state index is 12.6. The molecule has 0 saturated heterocycles. The quantitative estimate of drug-likeness (QED) is 0.876. The van der Waals surface area contributed by atoms with Crippen LogP contribution in [0.1, 0.15) is 34.1 Å². The number of hydrogen-bond donors (Lipinski definition) is 2. The Morgan fingerprint density at radius 2 is 2.13 bits per heavy atom. The number of nitrogens with one attached hydrogen (secondary N) is 1. The molecule has 1 amide bonds. The molecule has 6 nitrogen and oxygen atoms in total. The molecule has 0 aliphatic heterocycles. The number of aromatic nitrogens is 1. The van der Waals surface area contributed by atoms with E-state index >= 15 is 0 Å². The van der Waals surface area contributed by atoms with Gasteiger partial charge in [-0.3, -0.25) is 4.79 Å². The van der Waals surface area contributed by atoms with Crippen molar-refractivity contribution in [3.63, 3.8) is 0 Å². The van der Waals surface area contributed by atoms with Crippen molar-refractivity contribution in [1.82, 2.24) is 9.29 Å². The van der Waals surface area contributed by atoms with E-state index in [2.05, 4.69) is 4.72 Å². The van der Waals surface area contributed by atoms with Crippen molar-refractivity contribution in [2.75, 3.05) is 0 Å². The lowest BCUT2D eigenvalue weighted by Crippen LogP contribution is -2.27. The predicted octanol–water partition coefficient (Wildman–Crippen LogP) is 1.74. The van der Waals surface area contributed by atoms with Crippen molar-refractivity contribution in [3.05, 3.63) is 52.3 Å².